The molecule has 0 bridgehead atoms. The molecule has 21 heavy (non-hydrogen) atoms. The van der Waals surface area contributed by atoms with Crippen molar-refractivity contribution in [1.29, 1.82) is 0 Å². The average molecular weight is 282 g/mol. The summed E-state index contributed by atoms with van der Waals surface area (Å²) in [6, 6.07) is 17.1. The van der Waals surface area contributed by atoms with Gasteiger partial charge in [0.15, 0.2) is 0 Å². The van der Waals surface area contributed by atoms with Crippen LogP contribution in [-0.2, 0) is 30.8 Å². The fraction of sp³-hybridized carbons (Fsp3) is 0.400. The molecular weight excluding hydrogens is 256 g/mol. The van der Waals surface area contributed by atoms with Crippen molar-refractivity contribution in [3.8, 4) is 0 Å². The first kappa shape index (κ1) is 15.8. The molecule has 0 aromatic heterocycles. The van der Waals surface area contributed by atoms with Crippen molar-refractivity contribution >= 4 is 0 Å². The molecule has 0 amide bonds. The van der Waals surface area contributed by atoms with Crippen LogP contribution in [0.5, 0.6) is 0 Å². The SMILES string of the molecule is CCC.c1ccc2c(c1)CCC2.c1ccc2c(c1)COC2. The number of fused-ring (bicyclic) bond motifs is 2. The van der Waals surface area contributed by atoms with E-state index in [0.717, 1.165) is 13.2 Å². The fourth-order valence-electron chi connectivity index (χ4n) is 2.62. The summed E-state index contributed by atoms with van der Waals surface area (Å²) >= 11 is 0. The van der Waals surface area contributed by atoms with Crippen molar-refractivity contribution in [2.75, 3.05) is 0 Å². The highest BCUT2D eigenvalue weighted by atomic mass is 16.5. The summed E-state index contributed by atoms with van der Waals surface area (Å²) in [5.74, 6) is 0. The summed E-state index contributed by atoms with van der Waals surface area (Å²) in [4.78, 5) is 0. The van der Waals surface area contributed by atoms with Gasteiger partial charge in [-0.2, -0.15) is 0 Å². The number of aryl methyl sites for hydroxylation is 2. The average Bonchev–Trinajstić information content (AvgIpc) is 3.17. The van der Waals surface area contributed by atoms with E-state index < -0.39 is 0 Å². The van der Waals surface area contributed by atoms with Gasteiger partial charge in [0, 0.05) is 0 Å². The summed E-state index contributed by atoms with van der Waals surface area (Å²) in [6.45, 7) is 5.85. The van der Waals surface area contributed by atoms with Gasteiger partial charge in [0.1, 0.15) is 0 Å². The van der Waals surface area contributed by atoms with Gasteiger partial charge in [-0.05, 0) is 41.5 Å². The Kier molecular flexibility index (Phi) is 6.49. The molecule has 2 aliphatic rings. The first-order valence-corrected chi connectivity index (χ1v) is 8.06. The summed E-state index contributed by atoms with van der Waals surface area (Å²) in [5.41, 5.74) is 5.82. The van der Waals surface area contributed by atoms with Gasteiger partial charge in [-0.1, -0.05) is 68.8 Å². The number of hydrogen-bond acceptors (Lipinski definition) is 1. The Bertz CT molecular complexity index is 450. The lowest BCUT2D eigenvalue weighted by molar-refractivity contribution is 0.134. The highest BCUT2D eigenvalue weighted by Gasteiger charge is 2.08. The Hall–Kier alpha value is -1.60. The standard InChI is InChI=1S/C9H10.C8H8O.C3H8/c1-2-5-9-7-3-6-8(9)4-1;1-2-4-8-6-9-5-7(8)3-1;1-3-2/h1-2,4-5H,3,6-7H2;1-4H,5-6H2;3H2,1-2H3. The maximum atomic E-state index is 5.21. The molecule has 1 nitrogen and oxygen atoms in total. The van der Waals surface area contributed by atoms with Crippen molar-refractivity contribution in [3.05, 3.63) is 70.8 Å². The van der Waals surface area contributed by atoms with Crippen molar-refractivity contribution in [3.63, 3.8) is 0 Å². The van der Waals surface area contributed by atoms with Crippen molar-refractivity contribution in [2.24, 2.45) is 0 Å². The largest absolute Gasteiger partial charge is 0.372 e. The maximum absolute atomic E-state index is 5.21. The molecule has 0 atom stereocenters. The molecule has 0 spiro atoms. The topological polar surface area (TPSA) is 9.23 Å². The molecule has 1 heterocycles. The van der Waals surface area contributed by atoms with E-state index in [1.807, 2.05) is 12.1 Å². The predicted molar refractivity (Wildman–Crippen MR) is 89.4 cm³/mol. The molecule has 112 valence electrons. The van der Waals surface area contributed by atoms with E-state index in [0.29, 0.717) is 0 Å². The van der Waals surface area contributed by atoms with Gasteiger partial charge < -0.3 is 4.74 Å². The van der Waals surface area contributed by atoms with Crippen molar-refractivity contribution in [1.82, 2.24) is 0 Å². The molecule has 0 fully saturated rings. The molecule has 2 aromatic rings. The summed E-state index contributed by atoms with van der Waals surface area (Å²) in [7, 11) is 0. The second-order valence-electron chi connectivity index (χ2n) is 5.59. The highest BCUT2D eigenvalue weighted by molar-refractivity contribution is 5.30. The quantitative estimate of drug-likeness (QED) is 0.636. The molecule has 1 aliphatic heterocycles. The number of benzene rings is 2. The lowest BCUT2D eigenvalue weighted by Crippen LogP contribution is -1.77. The minimum Gasteiger partial charge on any atom is -0.372 e. The molecule has 0 unspecified atom stereocenters. The van der Waals surface area contributed by atoms with Crippen molar-refractivity contribution < 1.29 is 4.74 Å². The molecule has 1 aliphatic carbocycles. The van der Waals surface area contributed by atoms with Crippen LogP contribution in [0.15, 0.2) is 48.5 Å². The van der Waals surface area contributed by atoms with Crippen LogP contribution in [0.3, 0.4) is 0 Å². The summed E-state index contributed by atoms with van der Waals surface area (Å²) in [6.07, 6.45) is 5.21. The first-order chi connectivity index (χ1) is 10.3. The van der Waals surface area contributed by atoms with Crippen LogP contribution in [0.25, 0.3) is 0 Å². The highest BCUT2D eigenvalue weighted by Crippen LogP contribution is 2.20. The molecule has 1 heteroatoms. The summed E-state index contributed by atoms with van der Waals surface area (Å²) in [5, 5.41) is 0. The Morgan fingerprint density at radius 2 is 1.10 bits per heavy atom. The minimum absolute atomic E-state index is 0.802. The van der Waals surface area contributed by atoms with Gasteiger partial charge in [-0.15, -0.1) is 0 Å². The third-order valence-corrected chi connectivity index (χ3v) is 3.64. The monoisotopic (exact) mass is 282 g/mol. The van der Waals surface area contributed by atoms with Crippen LogP contribution >= 0.6 is 0 Å². The molecule has 4 rings (SSSR count). The Balaban J connectivity index is 0.000000130. The zero-order valence-electron chi connectivity index (χ0n) is 13.3. The molecule has 0 saturated heterocycles. The number of hydrogen-bond donors (Lipinski definition) is 0. The molecular formula is C20H26O. The molecule has 0 saturated carbocycles. The van der Waals surface area contributed by atoms with Crippen LogP contribution in [0.1, 0.15) is 48.9 Å². The van der Waals surface area contributed by atoms with Gasteiger partial charge in [0.25, 0.3) is 0 Å². The Morgan fingerprint density at radius 3 is 1.52 bits per heavy atom. The van der Waals surface area contributed by atoms with Crippen LogP contribution in [0.2, 0.25) is 0 Å². The van der Waals surface area contributed by atoms with Crippen LogP contribution in [0, 0.1) is 0 Å². The van der Waals surface area contributed by atoms with Crippen LogP contribution < -0.4 is 0 Å². The Labute approximate surface area is 129 Å². The van der Waals surface area contributed by atoms with E-state index in [9.17, 15) is 0 Å². The number of rotatable bonds is 0. The van der Waals surface area contributed by atoms with E-state index in [1.54, 1.807) is 11.1 Å². The predicted octanol–water partition coefficient (Wildman–Crippen LogP) is 5.31. The lowest BCUT2D eigenvalue weighted by Gasteiger charge is -1.93. The lowest BCUT2D eigenvalue weighted by atomic mass is 10.1. The summed E-state index contributed by atoms with van der Waals surface area (Å²) < 4.78 is 5.21. The second kappa shape index (κ2) is 8.63. The molecule has 0 radical (unpaired) electrons. The number of ether oxygens (including phenoxy) is 1. The first-order valence-electron chi connectivity index (χ1n) is 8.06. The van der Waals surface area contributed by atoms with E-state index in [-0.39, 0.29) is 0 Å². The third kappa shape index (κ3) is 4.71. The van der Waals surface area contributed by atoms with Gasteiger partial charge in [0.2, 0.25) is 0 Å². The second-order valence-corrected chi connectivity index (χ2v) is 5.59. The van der Waals surface area contributed by atoms with E-state index in [2.05, 4.69) is 50.2 Å². The third-order valence-electron chi connectivity index (χ3n) is 3.64. The van der Waals surface area contributed by atoms with Gasteiger partial charge >= 0.3 is 0 Å². The van der Waals surface area contributed by atoms with Crippen LogP contribution in [0.4, 0.5) is 0 Å². The van der Waals surface area contributed by atoms with Gasteiger partial charge in [-0.3, -0.25) is 0 Å². The minimum atomic E-state index is 0.802. The van der Waals surface area contributed by atoms with E-state index in [4.69, 9.17) is 4.74 Å². The zero-order chi connectivity index (χ0) is 14.9. The van der Waals surface area contributed by atoms with Crippen LogP contribution in [-0.4, -0.2) is 0 Å². The van der Waals surface area contributed by atoms with E-state index >= 15 is 0 Å². The van der Waals surface area contributed by atoms with E-state index in [1.165, 1.54) is 36.8 Å². The Morgan fingerprint density at radius 1 is 0.714 bits per heavy atom. The zero-order valence-corrected chi connectivity index (χ0v) is 13.3. The van der Waals surface area contributed by atoms with Gasteiger partial charge in [0.05, 0.1) is 13.2 Å². The smallest absolute Gasteiger partial charge is 0.0724 e. The fourth-order valence-corrected chi connectivity index (χ4v) is 2.62. The normalized spacial score (nSPS) is 14.2. The molecule has 2 aromatic carbocycles. The maximum Gasteiger partial charge on any atom is 0.0724 e. The molecule has 0 N–H and O–H groups in total. The van der Waals surface area contributed by atoms with Crippen molar-refractivity contribution in [2.45, 2.75) is 52.7 Å². The van der Waals surface area contributed by atoms with Gasteiger partial charge in [-0.25, -0.2) is 0 Å².